The van der Waals surface area contributed by atoms with E-state index in [4.69, 9.17) is 0 Å². The topological polar surface area (TPSA) is 36.4 Å². The van der Waals surface area contributed by atoms with Crippen LogP contribution in [0.2, 0.25) is 0 Å². The number of halogens is 2. The number of guanidine groups is 1. The van der Waals surface area contributed by atoms with E-state index in [0.29, 0.717) is 6.54 Å². The molecule has 2 N–H and O–H groups in total. The van der Waals surface area contributed by atoms with Gasteiger partial charge in [-0.25, -0.2) is 9.38 Å². The molecule has 0 fully saturated rings. The first kappa shape index (κ1) is 16.1. The number of nitrogens with one attached hydrogen (secondary N) is 2. The summed E-state index contributed by atoms with van der Waals surface area (Å²) >= 11 is 0. The number of rotatable bonds is 4. The second-order valence-corrected chi connectivity index (χ2v) is 3.35. The average Bonchev–Trinajstić information content (AvgIpc) is 2.29. The second-order valence-electron chi connectivity index (χ2n) is 3.35. The molecule has 96 valence electrons. The molecule has 0 unspecified atom stereocenters. The zero-order valence-corrected chi connectivity index (χ0v) is 12.5. The summed E-state index contributed by atoms with van der Waals surface area (Å²) in [5.74, 6) is 0.570. The van der Waals surface area contributed by atoms with E-state index in [1.165, 1.54) is 12.1 Å². The highest BCUT2D eigenvalue weighted by Gasteiger charge is 1.95. The lowest BCUT2D eigenvalue weighted by atomic mass is 10.2. The Morgan fingerprint density at radius 3 is 2.12 bits per heavy atom. The van der Waals surface area contributed by atoms with Crippen molar-refractivity contribution in [2.24, 2.45) is 4.99 Å². The third-order valence-corrected chi connectivity index (χ3v) is 2.02. The van der Waals surface area contributed by atoms with Gasteiger partial charge in [0.1, 0.15) is 5.82 Å². The second kappa shape index (κ2) is 9.21. The molecule has 0 spiro atoms. The van der Waals surface area contributed by atoms with Crippen molar-refractivity contribution in [2.45, 2.75) is 20.4 Å². The summed E-state index contributed by atoms with van der Waals surface area (Å²) in [5, 5.41) is 6.26. The zero-order valence-electron chi connectivity index (χ0n) is 10.2. The molecule has 0 radical (unpaired) electrons. The molecule has 3 nitrogen and oxygen atoms in total. The van der Waals surface area contributed by atoms with Gasteiger partial charge in [-0.3, -0.25) is 0 Å². The Balaban J connectivity index is 0.00000256. The molecular formula is C12H19FIN3. The molecule has 0 saturated heterocycles. The number of benzene rings is 1. The molecule has 0 aliphatic rings. The van der Waals surface area contributed by atoms with E-state index in [1.54, 1.807) is 12.1 Å². The maximum absolute atomic E-state index is 12.7. The normalized spacial score (nSPS) is 9.12. The fourth-order valence-electron chi connectivity index (χ4n) is 1.27. The molecule has 17 heavy (non-hydrogen) atoms. The summed E-state index contributed by atoms with van der Waals surface area (Å²) in [6.45, 7) is 6.25. The van der Waals surface area contributed by atoms with Crippen LogP contribution in [0.1, 0.15) is 19.4 Å². The summed E-state index contributed by atoms with van der Waals surface area (Å²) in [6, 6.07) is 6.39. The number of aliphatic imine (C=N–C) groups is 1. The molecule has 0 aromatic heterocycles. The standard InChI is InChI=1S/C12H18FN3.HI/c1-3-14-12(15-4-2)16-9-10-5-7-11(13)8-6-10;/h5-8H,3-4,9H2,1-2H3,(H2,14,15,16);1H. The van der Waals surface area contributed by atoms with E-state index in [2.05, 4.69) is 15.6 Å². The molecule has 1 aromatic carbocycles. The highest BCUT2D eigenvalue weighted by Crippen LogP contribution is 2.03. The van der Waals surface area contributed by atoms with Crippen molar-refractivity contribution < 1.29 is 4.39 Å². The van der Waals surface area contributed by atoms with Gasteiger partial charge in [-0.2, -0.15) is 0 Å². The summed E-state index contributed by atoms with van der Waals surface area (Å²) in [5.41, 5.74) is 0.995. The van der Waals surface area contributed by atoms with E-state index in [1.807, 2.05) is 13.8 Å². The highest BCUT2D eigenvalue weighted by atomic mass is 127. The third kappa shape index (κ3) is 6.45. The van der Waals surface area contributed by atoms with Gasteiger partial charge in [-0.15, -0.1) is 24.0 Å². The predicted octanol–water partition coefficient (Wildman–Crippen LogP) is 2.52. The van der Waals surface area contributed by atoms with Gasteiger partial charge in [0.25, 0.3) is 0 Å². The highest BCUT2D eigenvalue weighted by molar-refractivity contribution is 14.0. The van der Waals surface area contributed by atoms with Crippen molar-refractivity contribution >= 4 is 29.9 Å². The van der Waals surface area contributed by atoms with E-state index in [-0.39, 0.29) is 29.8 Å². The van der Waals surface area contributed by atoms with Crippen molar-refractivity contribution in [3.63, 3.8) is 0 Å². The van der Waals surface area contributed by atoms with Crippen LogP contribution < -0.4 is 10.6 Å². The molecule has 0 amide bonds. The van der Waals surface area contributed by atoms with Crippen LogP contribution in [0.4, 0.5) is 4.39 Å². The minimum Gasteiger partial charge on any atom is -0.357 e. The Morgan fingerprint density at radius 1 is 1.12 bits per heavy atom. The van der Waals surface area contributed by atoms with Gasteiger partial charge in [0.05, 0.1) is 6.54 Å². The van der Waals surface area contributed by atoms with Crippen LogP contribution in [0.3, 0.4) is 0 Å². The molecule has 0 heterocycles. The van der Waals surface area contributed by atoms with Crippen molar-refractivity contribution in [2.75, 3.05) is 13.1 Å². The first-order valence-electron chi connectivity index (χ1n) is 5.53. The van der Waals surface area contributed by atoms with Crippen LogP contribution in [-0.4, -0.2) is 19.0 Å². The van der Waals surface area contributed by atoms with Crippen molar-refractivity contribution in [1.82, 2.24) is 10.6 Å². The smallest absolute Gasteiger partial charge is 0.191 e. The fraction of sp³-hybridized carbons (Fsp3) is 0.417. The zero-order chi connectivity index (χ0) is 11.8. The summed E-state index contributed by atoms with van der Waals surface area (Å²) in [7, 11) is 0. The largest absolute Gasteiger partial charge is 0.357 e. The lowest BCUT2D eigenvalue weighted by molar-refractivity contribution is 0.627. The number of nitrogens with zero attached hydrogens (tertiary/aromatic N) is 1. The molecular weight excluding hydrogens is 332 g/mol. The van der Waals surface area contributed by atoms with Crippen LogP contribution in [-0.2, 0) is 6.54 Å². The van der Waals surface area contributed by atoms with E-state index in [0.717, 1.165) is 24.6 Å². The van der Waals surface area contributed by atoms with Gasteiger partial charge in [0.15, 0.2) is 5.96 Å². The minimum absolute atomic E-state index is 0. The maximum atomic E-state index is 12.7. The minimum atomic E-state index is -0.216. The Labute approximate surface area is 119 Å². The molecule has 1 aromatic rings. The Hall–Kier alpha value is -0.850. The third-order valence-electron chi connectivity index (χ3n) is 2.02. The van der Waals surface area contributed by atoms with Crippen molar-refractivity contribution in [1.29, 1.82) is 0 Å². The lowest BCUT2D eigenvalue weighted by Crippen LogP contribution is -2.36. The maximum Gasteiger partial charge on any atom is 0.191 e. The molecule has 0 bridgehead atoms. The number of hydrogen-bond acceptors (Lipinski definition) is 1. The Bertz CT molecular complexity index is 330. The Kier molecular flexibility index (Phi) is 8.75. The fourth-order valence-corrected chi connectivity index (χ4v) is 1.27. The van der Waals surface area contributed by atoms with Crippen LogP contribution in [0.5, 0.6) is 0 Å². The molecule has 0 aliphatic heterocycles. The average molecular weight is 351 g/mol. The first-order chi connectivity index (χ1) is 7.76. The summed E-state index contributed by atoms with van der Waals surface area (Å²) < 4.78 is 12.7. The van der Waals surface area contributed by atoms with Crippen LogP contribution >= 0.6 is 24.0 Å². The van der Waals surface area contributed by atoms with Crippen molar-refractivity contribution in [3.05, 3.63) is 35.6 Å². The van der Waals surface area contributed by atoms with Gasteiger partial charge in [0, 0.05) is 13.1 Å². The van der Waals surface area contributed by atoms with Crippen LogP contribution in [0, 0.1) is 5.82 Å². The van der Waals surface area contributed by atoms with Gasteiger partial charge in [-0.1, -0.05) is 12.1 Å². The van der Waals surface area contributed by atoms with Crippen LogP contribution in [0.15, 0.2) is 29.3 Å². The van der Waals surface area contributed by atoms with Gasteiger partial charge in [0.2, 0.25) is 0 Å². The summed E-state index contributed by atoms with van der Waals surface area (Å²) in [6.07, 6.45) is 0. The SMILES string of the molecule is CCNC(=NCc1ccc(F)cc1)NCC.I. The summed E-state index contributed by atoms with van der Waals surface area (Å²) in [4.78, 5) is 4.38. The molecule has 1 rings (SSSR count). The van der Waals surface area contributed by atoms with Gasteiger partial charge >= 0.3 is 0 Å². The quantitative estimate of drug-likeness (QED) is 0.497. The van der Waals surface area contributed by atoms with Gasteiger partial charge in [-0.05, 0) is 31.5 Å². The lowest BCUT2D eigenvalue weighted by Gasteiger charge is -2.08. The molecule has 5 heteroatoms. The molecule has 0 saturated carbocycles. The van der Waals surface area contributed by atoms with Gasteiger partial charge < -0.3 is 10.6 Å². The van der Waals surface area contributed by atoms with Crippen molar-refractivity contribution in [3.8, 4) is 0 Å². The van der Waals surface area contributed by atoms with E-state index >= 15 is 0 Å². The van der Waals surface area contributed by atoms with E-state index in [9.17, 15) is 4.39 Å². The number of hydrogen-bond donors (Lipinski definition) is 2. The first-order valence-corrected chi connectivity index (χ1v) is 5.53. The Morgan fingerprint density at radius 2 is 1.65 bits per heavy atom. The predicted molar refractivity (Wildman–Crippen MR) is 80.3 cm³/mol. The molecule has 0 atom stereocenters. The van der Waals surface area contributed by atoms with Crippen LogP contribution in [0.25, 0.3) is 0 Å². The van der Waals surface area contributed by atoms with E-state index < -0.39 is 0 Å². The monoisotopic (exact) mass is 351 g/mol. The molecule has 0 aliphatic carbocycles.